The van der Waals surface area contributed by atoms with Gasteiger partial charge in [-0.05, 0) is 18.1 Å². The molecule has 1 amide bonds. The molecule has 0 saturated heterocycles. The van der Waals surface area contributed by atoms with E-state index in [1.54, 1.807) is 6.92 Å². The molecule has 0 spiro atoms. The van der Waals surface area contributed by atoms with Crippen molar-refractivity contribution in [2.45, 2.75) is 25.9 Å². The zero-order valence-electron chi connectivity index (χ0n) is 10.8. The molecule has 5 heteroatoms. The van der Waals surface area contributed by atoms with E-state index in [0.29, 0.717) is 19.6 Å². The summed E-state index contributed by atoms with van der Waals surface area (Å²) < 4.78 is 5.08. The minimum atomic E-state index is -0.973. The van der Waals surface area contributed by atoms with Crippen molar-refractivity contribution >= 4 is 11.9 Å². The second-order valence-corrected chi connectivity index (χ2v) is 4.49. The zero-order chi connectivity index (χ0) is 13.8. The second kappa shape index (κ2) is 5.84. The van der Waals surface area contributed by atoms with Gasteiger partial charge >= 0.3 is 5.97 Å². The molecule has 1 N–H and O–H groups in total. The van der Waals surface area contributed by atoms with Crippen LogP contribution in [-0.4, -0.2) is 41.1 Å². The standard InChI is InChI=1S/C14H17NO4/c1-2-19-9-13(16)15-8-11-6-4-3-5-10(11)7-12(15)14(17)18/h3-6,12H,2,7-9H2,1H3,(H,17,18). The molecule has 1 atom stereocenters. The van der Waals surface area contributed by atoms with Crippen LogP contribution >= 0.6 is 0 Å². The molecule has 1 aliphatic heterocycles. The molecule has 19 heavy (non-hydrogen) atoms. The van der Waals surface area contributed by atoms with Crippen LogP contribution in [0.3, 0.4) is 0 Å². The summed E-state index contributed by atoms with van der Waals surface area (Å²) in [6.07, 6.45) is 0.351. The number of hydrogen-bond donors (Lipinski definition) is 1. The third-order valence-corrected chi connectivity index (χ3v) is 3.28. The number of carboxylic acids is 1. The maximum Gasteiger partial charge on any atom is 0.326 e. The van der Waals surface area contributed by atoms with Crippen molar-refractivity contribution in [3.63, 3.8) is 0 Å². The first-order chi connectivity index (χ1) is 9.13. The van der Waals surface area contributed by atoms with Gasteiger partial charge in [0.15, 0.2) is 0 Å². The van der Waals surface area contributed by atoms with E-state index in [1.165, 1.54) is 4.90 Å². The van der Waals surface area contributed by atoms with Gasteiger partial charge in [0.05, 0.1) is 0 Å². The fourth-order valence-electron chi connectivity index (χ4n) is 2.28. The van der Waals surface area contributed by atoms with E-state index in [4.69, 9.17) is 4.74 Å². The summed E-state index contributed by atoms with van der Waals surface area (Å²) in [7, 11) is 0. The minimum absolute atomic E-state index is 0.0670. The van der Waals surface area contributed by atoms with Gasteiger partial charge in [-0.3, -0.25) is 4.79 Å². The SMILES string of the molecule is CCOCC(=O)N1Cc2ccccc2CC1C(=O)O. The zero-order valence-corrected chi connectivity index (χ0v) is 10.8. The van der Waals surface area contributed by atoms with Gasteiger partial charge in [0.2, 0.25) is 5.91 Å². The van der Waals surface area contributed by atoms with Crippen molar-refractivity contribution in [3.8, 4) is 0 Å². The molecule has 2 rings (SSSR count). The van der Waals surface area contributed by atoms with Gasteiger partial charge in [0.1, 0.15) is 12.6 Å². The van der Waals surface area contributed by atoms with Crippen LogP contribution in [0.2, 0.25) is 0 Å². The van der Waals surface area contributed by atoms with Gasteiger partial charge < -0.3 is 14.7 Å². The van der Waals surface area contributed by atoms with E-state index >= 15 is 0 Å². The van der Waals surface area contributed by atoms with Gasteiger partial charge in [0.25, 0.3) is 0 Å². The van der Waals surface area contributed by atoms with E-state index in [0.717, 1.165) is 11.1 Å². The summed E-state index contributed by atoms with van der Waals surface area (Å²) in [5, 5.41) is 9.27. The van der Waals surface area contributed by atoms with Crippen LogP contribution in [0, 0.1) is 0 Å². The maximum atomic E-state index is 12.0. The number of nitrogens with zero attached hydrogens (tertiary/aromatic N) is 1. The molecule has 1 aromatic rings. The molecule has 1 unspecified atom stereocenters. The van der Waals surface area contributed by atoms with Gasteiger partial charge in [-0.2, -0.15) is 0 Å². The highest BCUT2D eigenvalue weighted by Crippen LogP contribution is 2.23. The summed E-state index contributed by atoms with van der Waals surface area (Å²) in [6.45, 7) is 2.50. The van der Waals surface area contributed by atoms with Crippen LogP contribution in [0.1, 0.15) is 18.1 Å². The molecule has 5 nitrogen and oxygen atoms in total. The van der Waals surface area contributed by atoms with Crippen LogP contribution in [0.5, 0.6) is 0 Å². The number of carbonyl (C=O) groups is 2. The number of rotatable bonds is 4. The highest BCUT2D eigenvalue weighted by atomic mass is 16.5. The minimum Gasteiger partial charge on any atom is -0.480 e. The van der Waals surface area contributed by atoms with Gasteiger partial charge in [0, 0.05) is 19.6 Å². The Morgan fingerprint density at radius 2 is 2.05 bits per heavy atom. The molecule has 0 radical (unpaired) electrons. The lowest BCUT2D eigenvalue weighted by Gasteiger charge is -2.34. The van der Waals surface area contributed by atoms with Crippen LogP contribution in [0.4, 0.5) is 0 Å². The maximum absolute atomic E-state index is 12.0. The largest absolute Gasteiger partial charge is 0.480 e. The van der Waals surface area contributed by atoms with E-state index in [1.807, 2.05) is 24.3 Å². The van der Waals surface area contributed by atoms with E-state index in [9.17, 15) is 14.7 Å². The number of ether oxygens (including phenoxy) is 1. The van der Waals surface area contributed by atoms with E-state index in [2.05, 4.69) is 0 Å². The van der Waals surface area contributed by atoms with Crippen molar-refractivity contribution in [1.29, 1.82) is 0 Å². The molecular formula is C14H17NO4. The molecule has 1 aliphatic rings. The average Bonchev–Trinajstić information content (AvgIpc) is 2.43. The number of carboxylic acid groups (broad SMARTS) is 1. The highest BCUT2D eigenvalue weighted by molar-refractivity contribution is 5.85. The second-order valence-electron chi connectivity index (χ2n) is 4.49. The Kier molecular flexibility index (Phi) is 4.16. The monoisotopic (exact) mass is 263 g/mol. The third kappa shape index (κ3) is 2.93. The highest BCUT2D eigenvalue weighted by Gasteiger charge is 2.34. The van der Waals surface area contributed by atoms with Crippen LogP contribution in [0.25, 0.3) is 0 Å². The molecule has 0 saturated carbocycles. The predicted octanol–water partition coefficient (Wildman–Crippen LogP) is 1.06. The number of aliphatic carboxylic acids is 1. The lowest BCUT2D eigenvalue weighted by Crippen LogP contribution is -2.49. The van der Waals surface area contributed by atoms with E-state index < -0.39 is 12.0 Å². The fraction of sp³-hybridized carbons (Fsp3) is 0.429. The topological polar surface area (TPSA) is 66.8 Å². The quantitative estimate of drug-likeness (QED) is 0.882. The Balaban J connectivity index is 2.21. The van der Waals surface area contributed by atoms with Crippen molar-refractivity contribution in [2.24, 2.45) is 0 Å². The molecular weight excluding hydrogens is 246 g/mol. The molecule has 0 aromatic heterocycles. The fourth-order valence-corrected chi connectivity index (χ4v) is 2.28. The number of fused-ring (bicyclic) bond motifs is 1. The van der Waals surface area contributed by atoms with Crippen LogP contribution < -0.4 is 0 Å². The van der Waals surface area contributed by atoms with Crippen molar-refractivity contribution in [2.75, 3.05) is 13.2 Å². The molecule has 0 fully saturated rings. The summed E-state index contributed by atoms with van der Waals surface area (Å²) in [6, 6.07) is 6.81. The summed E-state index contributed by atoms with van der Waals surface area (Å²) in [4.78, 5) is 24.7. The Labute approximate surface area is 111 Å². The lowest BCUT2D eigenvalue weighted by atomic mass is 9.94. The van der Waals surface area contributed by atoms with Crippen LogP contribution in [0.15, 0.2) is 24.3 Å². The third-order valence-electron chi connectivity index (χ3n) is 3.28. The molecule has 1 aromatic carbocycles. The number of carbonyl (C=O) groups excluding carboxylic acids is 1. The van der Waals surface area contributed by atoms with Crippen LogP contribution in [-0.2, 0) is 27.3 Å². The first kappa shape index (κ1) is 13.5. The summed E-state index contributed by atoms with van der Waals surface area (Å²) in [5.74, 6) is -1.25. The van der Waals surface area contributed by atoms with E-state index in [-0.39, 0.29) is 12.5 Å². The normalized spacial score (nSPS) is 17.9. The van der Waals surface area contributed by atoms with Crippen molar-refractivity contribution < 1.29 is 19.4 Å². The smallest absolute Gasteiger partial charge is 0.326 e. The molecule has 0 aliphatic carbocycles. The number of amides is 1. The van der Waals surface area contributed by atoms with Crippen molar-refractivity contribution in [1.82, 2.24) is 4.90 Å². The summed E-state index contributed by atoms with van der Waals surface area (Å²) >= 11 is 0. The lowest BCUT2D eigenvalue weighted by molar-refractivity contribution is -0.153. The van der Waals surface area contributed by atoms with Gasteiger partial charge in [-0.25, -0.2) is 4.79 Å². The van der Waals surface area contributed by atoms with Crippen molar-refractivity contribution in [3.05, 3.63) is 35.4 Å². The predicted molar refractivity (Wildman–Crippen MR) is 68.6 cm³/mol. The summed E-state index contributed by atoms with van der Waals surface area (Å²) in [5.41, 5.74) is 2.00. The van der Waals surface area contributed by atoms with Gasteiger partial charge in [-0.1, -0.05) is 24.3 Å². The Hall–Kier alpha value is -1.88. The number of benzene rings is 1. The Bertz CT molecular complexity index is 486. The first-order valence-corrected chi connectivity index (χ1v) is 6.30. The molecule has 0 bridgehead atoms. The molecule has 1 heterocycles. The molecule has 102 valence electrons. The number of hydrogen-bond acceptors (Lipinski definition) is 3. The Morgan fingerprint density at radius 3 is 2.68 bits per heavy atom. The Morgan fingerprint density at radius 1 is 1.37 bits per heavy atom. The van der Waals surface area contributed by atoms with Gasteiger partial charge in [-0.15, -0.1) is 0 Å². The first-order valence-electron chi connectivity index (χ1n) is 6.30. The average molecular weight is 263 g/mol.